The maximum absolute atomic E-state index is 5.84. The summed E-state index contributed by atoms with van der Waals surface area (Å²) >= 11 is 12.6. The van der Waals surface area contributed by atoms with E-state index in [4.69, 9.17) is 23.8 Å². The first kappa shape index (κ1) is 15.0. The summed E-state index contributed by atoms with van der Waals surface area (Å²) in [6.07, 6.45) is 0. The fourth-order valence-electron chi connectivity index (χ4n) is 1.89. The number of hydrazine groups is 1. The molecular formula is C15H13ClN4S2. The van der Waals surface area contributed by atoms with Gasteiger partial charge >= 0.3 is 0 Å². The maximum Gasteiger partial charge on any atom is 0.202 e. The number of thiazole rings is 1. The lowest BCUT2D eigenvalue weighted by Gasteiger charge is -2.10. The van der Waals surface area contributed by atoms with Gasteiger partial charge in [-0.3, -0.25) is 10.9 Å². The number of aryl methyl sites for hydroxylation is 1. The molecule has 0 saturated carbocycles. The lowest BCUT2D eigenvalue weighted by atomic mass is 10.2. The zero-order valence-corrected chi connectivity index (χ0v) is 14.1. The molecule has 22 heavy (non-hydrogen) atoms. The van der Waals surface area contributed by atoms with Crippen LogP contribution in [0.25, 0.3) is 10.2 Å². The van der Waals surface area contributed by atoms with Crippen LogP contribution in [-0.4, -0.2) is 10.1 Å². The number of aromatic nitrogens is 1. The van der Waals surface area contributed by atoms with Gasteiger partial charge in [0.2, 0.25) is 5.13 Å². The van der Waals surface area contributed by atoms with Crippen molar-refractivity contribution in [3.8, 4) is 0 Å². The third-order valence-electron chi connectivity index (χ3n) is 2.93. The van der Waals surface area contributed by atoms with E-state index in [1.54, 1.807) is 23.5 Å². The van der Waals surface area contributed by atoms with Gasteiger partial charge in [0.1, 0.15) is 0 Å². The number of thiocarbonyl (C=S) groups is 1. The van der Waals surface area contributed by atoms with Gasteiger partial charge in [-0.2, -0.15) is 0 Å². The number of hydrogen-bond acceptors (Lipinski definition) is 4. The summed E-state index contributed by atoms with van der Waals surface area (Å²) < 4.78 is 1.14. The Labute approximate surface area is 142 Å². The molecule has 4 nitrogen and oxygen atoms in total. The standard InChI is InChI=1S/C15H13ClN4S2/c1-9-2-7-12-13(8-9)22-15(18-12)20-19-14(21)17-11-5-3-10(16)4-6-11/h2-8H,1H3,(H,18,20)(H2,17,19,21). The Morgan fingerprint density at radius 2 is 1.95 bits per heavy atom. The van der Waals surface area contributed by atoms with Crippen LogP contribution >= 0.6 is 35.2 Å². The van der Waals surface area contributed by atoms with E-state index in [9.17, 15) is 0 Å². The van der Waals surface area contributed by atoms with Crippen LogP contribution in [0.4, 0.5) is 10.8 Å². The number of anilines is 2. The van der Waals surface area contributed by atoms with Crippen molar-refractivity contribution in [1.29, 1.82) is 0 Å². The van der Waals surface area contributed by atoms with E-state index < -0.39 is 0 Å². The highest BCUT2D eigenvalue weighted by molar-refractivity contribution is 7.80. The molecule has 0 radical (unpaired) electrons. The molecule has 1 heterocycles. The Morgan fingerprint density at radius 3 is 2.73 bits per heavy atom. The molecule has 0 aliphatic heterocycles. The van der Waals surface area contributed by atoms with Gasteiger partial charge in [-0.15, -0.1) is 0 Å². The molecule has 0 unspecified atom stereocenters. The van der Waals surface area contributed by atoms with Crippen molar-refractivity contribution in [2.24, 2.45) is 0 Å². The van der Waals surface area contributed by atoms with Crippen molar-refractivity contribution in [2.75, 3.05) is 10.7 Å². The summed E-state index contributed by atoms with van der Waals surface area (Å²) in [6.45, 7) is 2.07. The molecule has 0 amide bonds. The lowest BCUT2D eigenvalue weighted by molar-refractivity contribution is 1.13. The number of hydrogen-bond donors (Lipinski definition) is 3. The van der Waals surface area contributed by atoms with Gasteiger partial charge in [-0.1, -0.05) is 29.0 Å². The van der Waals surface area contributed by atoms with Crippen molar-refractivity contribution in [3.63, 3.8) is 0 Å². The van der Waals surface area contributed by atoms with E-state index in [0.29, 0.717) is 10.1 Å². The van der Waals surface area contributed by atoms with Crippen molar-refractivity contribution in [1.82, 2.24) is 10.4 Å². The van der Waals surface area contributed by atoms with Gasteiger partial charge in [0.25, 0.3) is 0 Å². The smallest absolute Gasteiger partial charge is 0.202 e. The fourth-order valence-corrected chi connectivity index (χ4v) is 3.10. The highest BCUT2D eigenvalue weighted by Gasteiger charge is 2.04. The quantitative estimate of drug-likeness (QED) is 0.478. The summed E-state index contributed by atoms with van der Waals surface area (Å²) in [7, 11) is 0. The predicted octanol–water partition coefficient (Wildman–Crippen LogP) is 4.57. The molecule has 3 rings (SSSR count). The third-order valence-corrected chi connectivity index (χ3v) is 4.32. The first-order chi connectivity index (χ1) is 10.6. The van der Waals surface area contributed by atoms with E-state index in [1.165, 1.54) is 5.56 Å². The molecule has 3 N–H and O–H groups in total. The van der Waals surface area contributed by atoms with Gasteiger partial charge in [0, 0.05) is 10.7 Å². The summed E-state index contributed by atoms with van der Waals surface area (Å²) in [6, 6.07) is 13.5. The van der Waals surface area contributed by atoms with Gasteiger partial charge in [-0.25, -0.2) is 4.98 Å². The molecule has 0 aliphatic rings. The molecule has 0 spiro atoms. The second-order valence-corrected chi connectivity index (χ2v) is 6.58. The van der Waals surface area contributed by atoms with Crippen molar-refractivity contribution < 1.29 is 0 Å². The fraction of sp³-hybridized carbons (Fsp3) is 0.0667. The zero-order valence-electron chi connectivity index (χ0n) is 11.7. The molecular weight excluding hydrogens is 336 g/mol. The number of rotatable bonds is 3. The van der Waals surface area contributed by atoms with Crippen LogP contribution in [0.3, 0.4) is 0 Å². The van der Waals surface area contributed by atoms with Crippen LogP contribution < -0.4 is 16.2 Å². The lowest BCUT2D eigenvalue weighted by Crippen LogP contribution is -2.33. The Balaban J connectivity index is 1.61. The van der Waals surface area contributed by atoms with Gasteiger partial charge in [0.05, 0.1) is 10.2 Å². The van der Waals surface area contributed by atoms with E-state index in [0.717, 1.165) is 21.0 Å². The average Bonchev–Trinajstić information content (AvgIpc) is 2.89. The molecule has 2 aromatic carbocycles. The Kier molecular flexibility index (Phi) is 4.42. The van der Waals surface area contributed by atoms with Crippen molar-refractivity contribution in [3.05, 3.63) is 53.1 Å². The molecule has 0 aliphatic carbocycles. The van der Waals surface area contributed by atoms with Crippen LogP contribution in [0.2, 0.25) is 5.02 Å². The minimum atomic E-state index is 0.456. The van der Waals surface area contributed by atoms with Gasteiger partial charge < -0.3 is 5.32 Å². The molecule has 0 bridgehead atoms. The monoisotopic (exact) mass is 348 g/mol. The maximum atomic E-state index is 5.84. The second-order valence-electron chi connectivity index (χ2n) is 4.70. The normalized spacial score (nSPS) is 10.5. The minimum absolute atomic E-state index is 0.456. The average molecular weight is 349 g/mol. The van der Waals surface area contributed by atoms with Crippen LogP contribution in [-0.2, 0) is 0 Å². The van der Waals surface area contributed by atoms with Gasteiger partial charge in [0.15, 0.2) is 5.11 Å². The van der Waals surface area contributed by atoms with Gasteiger partial charge in [-0.05, 0) is 61.1 Å². The Bertz CT molecular complexity index is 814. The van der Waals surface area contributed by atoms with E-state index >= 15 is 0 Å². The molecule has 0 fully saturated rings. The highest BCUT2D eigenvalue weighted by Crippen LogP contribution is 2.26. The summed E-state index contributed by atoms with van der Waals surface area (Å²) in [5, 5.41) is 4.97. The van der Waals surface area contributed by atoms with E-state index in [2.05, 4.69) is 34.1 Å². The number of fused-ring (bicyclic) bond motifs is 1. The van der Waals surface area contributed by atoms with Crippen LogP contribution in [0, 0.1) is 6.92 Å². The summed E-state index contributed by atoms with van der Waals surface area (Å²) in [4.78, 5) is 4.48. The largest absolute Gasteiger partial charge is 0.331 e. The predicted molar refractivity (Wildman–Crippen MR) is 98.8 cm³/mol. The second kappa shape index (κ2) is 6.48. The number of nitrogens with one attached hydrogen (secondary N) is 3. The zero-order chi connectivity index (χ0) is 15.5. The summed E-state index contributed by atoms with van der Waals surface area (Å²) in [5.41, 5.74) is 8.99. The van der Waals surface area contributed by atoms with Crippen molar-refractivity contribution >= 4 is 61.3 Å². The number of nitrogens with zero attached hydrogens (tertiary/aromatic N) is 1. The SMILES string of the molecule is Cc1ccc2nc(NNC(=S)Nc3ccc(Cl)cc3)sc2c1. The summed E-state index contributed by atoms with van der Waals surface area (Å²) in [5.74, 6) is 0. The van der Waals surface area contributed by atoms with Crippen LogP contribution in [0.15, 0.2) is 42.5 Å². The molecule has 0 atom stereocenters. The number of halogens is 1. The highest BCUT2D eigenvalue weighted by atomic mass is 35.5. The molecule has 112 valence electrons. The molecule has 1 aromatic heterocycles. The molecule has 3 aromatic rings. The first-order valence-corrected chi connectivity index (χ1v) is 8.16. The molecule has 0 saturated heterocycles. The Hall–Kier alpha value is -1.89. The number of benzene rings is 2. The first-order valence-electron chi connectivity index (χ1n) is 6.56. The Morgan fingerprint density at radius 1 is 1.18 bits per heavy atom. The van der Waals surface area contributed by atoms with Crippen LogP contribution in [0.1, 0.15) is 5.56 Å². The topological polar surface area (TPSA) is 49.0 Å². The molecule has 7 heteroatoms. The minimum Gasteiger partial charge on any atom is -0.331 e. The van der Waals surface area contributed by atoms with Crippen molar-refractivity contribution in [2.45, 2.75) is 6.92 Å². The van der Waals surface area contributed by atoms with E-state index in [-0.39, 0.29) is 0 Å². The third kappa shape index (κ3) is 3.65. The van der Waals surface area contributed by atoms with Crippen LogP contribution in [0.5, 0.6) is 0 Å². The van der Waals surface area contributed by atoms with E-state index in [1.807, 2.05) is 24.3 Å².